The van der Waals surface area contributed by atoms with Gasteiger partial charge >= 0.3 is 0 Å². The molecule has 2 aromatic carbocycles. The van der Waals surface area contributed by atoms with Crippen LogP contribution in [0.5, 0.6) is 11.5 Å². The third-order valence-corrected chi connectivity index (χ3v) is 7.08. The van der Waals surface area contributed by atoms with Gasteiger partial charge in [0.05, 0.1) is 10.5 Å². The Kier molecular flexibility index (Phi) is 5.42. The van der Waals surface area contributed by atoms with Gasteiger partial charge in [-0.15, -0.1) is 0 Å². The number of ether oxygens (including phenoxy) is 2. The molecule has 0 saturated carbocycles. The van der Waals surface area contributed by atoms with Gasteiger partial charge in [0.1, 0.15) is 0 Å². The molecular formula is C21H21N3O6S. The molecule has 0 atom stereocenters. The Hall–Kier alpha value is -3.37. The molecule has 0 radical (unpaired) electrons. The van der Waals surface area contributed by atoms with Crippen molar-refractivity contribution in [3.05, 3.63) is 58.4 Å². The van der Waals surface area contributed by atoms with E-state index in [4.69, 9.17) is 9.47 Å². The Morgan fingerprint density at radius 1 is 1.06 bits per heavy atom. The lowest BCUT2D eigenvalue weighted by Gasteiger charge is -2.19. The molecule has 3 aromatic rings. The summed E-state index contributed by atoms with van der Waals surface area (Å²) < 4.78 is 37.7. The third-order valence-electron chi connectivity index (χ3n) is 5.03. The van der Waals surface area contributed by atoms with Gasteiger partial charge in [0.25, 0.3) is 5.91 Å². The van der Waals surface area contributed by atoms with E-state index in [1.807, 2.05) is 0 Å². The van der Waals surface area contributed by atoms with Gasteiger partial charge < -0.3 is 19.8 Å². The van der Waals surface area contributed by atoms with Crippen LogP contribution in [0, 0.1) is 0 Å². The minimum absolute atomic E-state index is 0.0490. The Morgan fingerprint density at radius 3 is 2.55 bits per heavy atom. The van der Waals surface area contributed by atoms with Crippen LogP contribution < -0.4 is 20.3 Å². The molecule has 0 bridgehead atoms. The van der Waals surface area contributed by atoms with Gasteiger partial charge in [-0.3, -0.25) is 9.59 Å². The second-order valence-corrected chi connectivity index (χ2v) is 8.80. The first-order chi connectivity index (χ1) is 14.8. The van der Waals surface area contributed by atoms with Crippen LogP contribution in [0.25, 0.3) is 10.9 Å². The van der Waals surface area contributed by atoms with E-state index in [-0.39, 0.29) is 17.3 Å². The minimum atomic E-state index is -3.73. The lowest BCUT2D eigenvalue weighted by atomic mass is 10.1. The van der Waals surface area contributed by atoms with Crippen molar-refractivity contribution in [1.82, 2.24) is 9.29 Å². The molecule has 0 spiro atoms. The molecule has 1 aliphatic rings. The van der Waals surface area contributed by atoms with Crippen LogP contribution in [0.15, 0.2) is 52.2 Å². The molecule has 2 heterocycles. The molecule has 162 valence electrons. The first-order valence-corrected chi connectivity index (χ1v) is 11.2. The number of nitrogens with one attached hydrogen (secondary N) is 2. The van der Waals surface area contributed by atoms with E-state index in [0.717, 1.165) is 6.07 Å². The van der Waals surface area contributed by atoms with Crippen molar-refractivity contribution in [1.29, 1.82) is 0 Å². The van der Waals surface area contributed by atoms with Crippen molar-refractivity contribution < 1.29 is 22.7 Å². The highest BCUT2D eigenvalue weighted by Gasteiger charge is 2.23. The topological polar surface area (TPSA) is 118 Å². The van der Waals surface area contributed by atoms with Gasteiger partial charge in [0, 0.05) is 41.8 Å². The second-order valence-electron chi connectivity index (χ2n) is 6.87. The highest BCUT2D eigenvalue weighted by molar-refractivity contribution is 7.89. The van der Waals surface area contributed by atoms with Gasteiger partial charge in [-0.1, -0.05) is 13.8 Å². The summed E-state index contributed by atoms with van der Waals surface area (Å²) in [6.45, 7) is 4.25. The van der Waals surface area contributed by atoms with E-state index in [1.54, 1.807) is 32.0 Å². The van der Waals surface area contributed by atoms with Crippen LogP contribution in [0.2, 0.25) is 0 Å². The maximum Gasteiger partial charge on any atom is 0.256 e. The summed E-state index contributed by atoms with van der Waals surface area (Å²) in [6, 6.07) is 10.4. The molecule has 1 aliphatic heterocycles. The van der Waals surface area contributed by atoms with Gasteiger partial charge in [0.15, 0.2) is 11.5 Å². The number of carbonyl (C=O) groups excluding carboxylic acids is 1. The molecule has 31 heavy (non-hydrogen) atoms. The molecule has 0 unspecified atom stereocenters. The first kappa shape index (κ1) is 20.9. The SMILES string of the molecule is CCN(CC)S(=O)(=O)c1ccc2[nH]c(=O)cc(C(=O)Nc3ccc4c(c3)OCO4)c2c1. The molecule has 4 rings (SSSR count). The highest BCUT2D eigenvalue weighted by Crippen LogP contribution is 2.34. The highest BCUT2D eigenvalue weighted by atomic mass is 32.2. The number of carbonyl (C=O) groups is 1. The predicted octanol–water partition coefficient (Wildman–Crippen LogP) is 2.54. The number of amides is 1. The molecular weight excluding hydrogens is 422 g/mol. The summed E-state index contributed by atoms with van der Waals surface area (Å²) in [4.78, 5) is 27.8. The number of hydrogen-bond acceptors (Lipinski definition) is 6. The molecule has 0 fully saturated rings. The maximum atomic E-state index is 13.0. The van der Waals surface area contributed by atoms with Gasteiger partial charge in [-0.05, 0) is 30.3 Å². The molecule has 1 amide bonds. The lowest BCUT2D eigenvalue weighted by Crippen LogP contribution is -2.30. The minimum Gasteiger partial charge on any atom is -0.454 e. The van der Waals surface area contributed by atoms with E-state index in [1.165, 1.54) is 22.5 Å². The van der Waals surface area contributed by atoms with E-state index in [2.05, 4.69) is 10.3 Å². The number of hydrogen-bond donors (Lipinski definition) is 2. The quantitative estimate of drug-likeness (QED) is 0.605. The van der Waals surface area contributed by atoms with Crippen LogP contribution in [-0.4, -0.2) is 43.5 Å². The molecule has 0 aliphatic carbocycles. The van der Waals surface area contributed by atoms with Crippen LogP contribution in [0.3, 0.4) is 0 Å². The molecule has 9 nitrogen and oxygen atoms in total. The molecule has 1 aromatic heterocycles. The monoisotopic (exact) mass is 443 g/mol. The van der Waals surface area contributed by atoms with Crippen molar-refractivity contribution >= 4 is 32.5 Å². The van der Waals surface area contributed by atoms with E-state index in [0.29, 0.717) is 41.2 Å². The number of aromatic amines is 1. The zero-order valence-electron chi connectivity index (χ0n) is 17.0. The standard InChI is InChI=1S/C21H21N3O6S/c1-3-24(4-2)31(27,28)14-6-7-17-15(10-14)16(11-20(25)23-17)21(26)22-13-5-8-18-19(9-13)30-12-29-18/h5-11H,3-4,12H2,1-2H3,(H,22,26)(H,23,25). The number of sulfonamides is 1. The average molecular weight is 443 g/mol. The van der Waals surface area contributed by atoms with Crippen LogP contribution in [0.1, 0.15) is 24.2 Å². The molecule has 2 N–H and O–H groups in total. The number of rotatable bonds is 6. The summed E-state index contributed by atoms with van der Waals surface area (Å²) in [5, 5.41) is 3.05. The van der Waals surface area contributed by atoms with Crippen LogP contribution in [0.4, 0.5) is 5.69 Å². The van der Waals surface area contributed by atoms with Crippen molar-refractivity contribution in [3.63, 3.8) is 0 Å². The van der Waals surface area contributed by atoms with Crippen molar-refractivity contribution in [2.75, 3.05) is 25.2 Å². The summed E-state index contributed by atoms with van der Waals surface area (Å²) in [7, 11) is -3.73. The molecule has 10 heteroatoms. The fourth-order valence-electron chi connectivity index (χ4n) is 3.47. The third kappa shape index (κ3) is 3.87. The largest absolute Gasteiger partial charge is 0.454 e. The first-order valence-electron chi connectivity index (χ1n) is 9.71. The van der Waals surface area contributed by atoms with Gasteiger partial charge in [-0.2, -0.15) is 4.31 Å². The zero-order valence-corrected chi connectivity index (χ0v) is 17.8. The van der Waals surface area contributed by atoms with Crippen LogP contribution in [-0.2, 0) is 10.0 Å². The maximum absolute atomic E-state index is 13.0. The Labute approximate surface area is 178 Å². The number of anilines is 1. The summed E-state index contributed by atoms with van der Waals surface area (Å²) >= 11 is 0. The number of H-pyrrole nitrogens is 1. The van der Waals surface area contributed by atoms with E-state index < -0.39 is 21.5 Å². The van der Waals surface area contributed by atoms with Crippen molar-refractivity contribution in [2.24, 2.45) is 0 Å². The smallest absolute Gasteiger partial charge is 0.256 e. The predicted molar refractivity (Wildman–Crippen MR) is 115 cm³/mol. The van der Waals surface area contributed by atoms with Gasteiger partial charge in [-0.25, -0.2) is 8.42 Å². The zero-order chi connectivity index (χ0) is 22.2. The summed E-state index contributed by atoms with van der Waals surface area (Å²) in [5.74, 6) is 0.527. The number of nitrogens with zero attached hydrogens (tertiary/aromatic N) is 1. The second kappa shape index (κ2) is 8.05. The van der Waals surface area contributed by atoms with Crippen molar-refractivity contribution in [2.45, 2.75) is 18.7 Å². The van der Waals surface area contributed by atoms with E-state index >= 15 is 0 Å². The number of aromatic nitrogens is 1. The molecule has 0 saturated heterocycles. The normalized spacial score (nSPS) is 13.0. The lowest BCUT2D eigenvalue weighted by molar-refractivity contribution is 0.102. The van der Waals surface area contributed by atoms with Gasteiger partial charge in [0.2, 0.25) is 22.4 Å². The van der Waals surface area contributed by atoms with Crippen molar-refractivity contribution in [3.8, 4) is 11.5 Å². The summed E-state index contributed by atoms with van der Waals surface area (Å²) in [5.41, 5.74) is 0.409. The van der Waals surface area contributed by atoms with E-state index in [9.17, 15) is 18.0 Å². The Balaban J connectivity index is 1.76. The van der Waals surface area contributed by atoms with Crippen LogP contribution >= 0.6 is 0 Å². The number of pyridine rings is 1. The summed E-state index contributed by atoms with van der Waals surface area (Å²) in [6.07, 6.45) is 0. The fourth-order valence-corrected chi connectivity index (χ4v) is 4.95. The number of fused-ring (bicyclic) bond motifs is 2. The Bertz CT molecular complexity index is 1330. The fraction of sp³-hybridized carbons (Fsp3) is 0.238. The Morgan fingerprint density at radius 2 is 1.81 bits per heavy atom. The average Bonchev–Trinajstić information content (AvgIpc) is 3.21. The number of benzene rings is 2.